The molecule has 0 bridgehead atoms. The minimum Gasteiger partial charge on any atom is -0.455 e. The van der Waals surface area contributed by atoms with Gasteiger partial charge in [-0.3, -0.25) is 4.98 Å². The molecule has 0 aliphatic heterocycles. The maximum atomic E-state index is 8.94. The van der Waals surface area contributed by atoms with E-state index >= 15 is 0 Å². The summed E-state index contributed by atoms with van der Waals surface area (Å²) in [6.07, 6.45) is 6.30. The lowest BCUT2D eigenvalue weighted by atomic mass is 9.83. The van der Waals surface area contributed by atoms with Crippen LogP contribution in [0.3, 0.4) is 0 Å². The van der Waals surface area contributed by atoms with Crippen molar-refractivity contribution in [1.29, 1.82) is 0 Å². The smallest absolute Gasteiger partial charge is 0.144 e. The lowest BCUT2D eigenvalue weighted by Gasteiger charge is -2.22. The molecule has 0 unspecified atom stereocenters. The summed E-state index contributed by atoms with van der Waals surface area (Å²) < 4.78 is 63.4. The van der Waals surface area contributed by atoms with E-state index in [2.05, 4.69) is 4.98 Å². The maximum Gasteiger partial charge on any atom is 0.144 e. The summed E-state index contributed by atoms with van der Waals surface area (Å²) >= 11 is 0. The predicted molar refractivity (Wildman–Crippen MR) is 138 cm³/mol. The summed E-state index contributed by atoms with van der Waals surface area (Å²) in [6.45, 7) is -4.70. The third-order valence-electron chi connectivity index (χ3n) is 6.77. The topological polar surface area (TPSA) is 26.0 Å². The van der Waals surface area contributed by atoms with Gasteiger partial charge in [-0.1, -0.05) is 67.8 Å². The second kappa shape index (κ2) is 8.19. The van der Waals surface area contributed by atoms with Gasteiger partial charge in [0.15, 0.2) is 0 Å². The molecule has 5 aromatic rings. The molecule has 0 amide bonds. The van der Waals surface area contributed by atoms with Gasteiger partial charge in [0.05, 0.1) is 5.69 Å². The Morgan fingerprint density at radius 1 is 0.818 bits per heavy atom. The summed E-state index contributed by atoms with van der Waals surface area (Å²) in [5.74, 6) is -0.585. The molecule has 1 aliphatic carbocycles. The highest BCUT2D eigenvalue weighted by atomic mass is 16.3. The molecule has 0 N–H and O–H groups in total. The number of hydrogen-bond donors (Lipinski definition) is 0. The van der Waals surface area contributed by atoms with E-state index in [0.29, 0.717) is 33.4 Å². The predicted octanol–water partition coefficient (Wildman–Crippen LogP) is 8.98. The van der Waals surface area contributed by atoms with Crippen LogP contribution in [0.2, 0.25) is 0 Å². The van der Waals surface area contributed by atoms with Crippen molar-refractivity contribution in [3.05, 3.63) is 89.6 Å². The van der Waals surface area contributed by atoms with E-state index in [1.165, 1.54) is 18.7 Å². The number of rotatable bonds is 3. The zero-order valence-electron chi connectivity index (χ0n) is 25.3. The van der Waals surface area contributed by atoms with E-state index in [1.54, 1.807) is 6.07 Å². The van der Waals surface area contributed by atoms with E-state index in [1.807, 2.05) is 54.6 Å². The standard InChI is InChI=1S/C31H29NO/c1-20-11-18-29(32-19-20)28-10-6-9-26-27-17-16-25(21(2)30(27)33-31(26)28)24-14-12-23(13-15-24)22-7-4-3-5-8-22/h6,9-19,22H,3-5,7-8H2,1-2H3/i1D3,2D3,22D. The Morgan fingerprint density at radius 3 is 2.42 bits per heavy atom. The van der Waals surface area contributed by atoms with Crippen LogP contribution in [0.25, 0.3) is 44.3 Å². The number of hydrogen-bond acceptors (Lipinski definition) is 2. The fraction of sp³-hybridized carbons (Fsp3) is 0.258. The van der Waals surface area contributed by atoms with E-state index in [0.717, 1.165) is 42.2 Å². The van der Waals surface area contributed by atoms with Crippen LogP contribution >= 0.6 is 0 Å². The zero-order valence-corrected chi connectivity index (χ0v) is 18.3. The molecule has 6 rings (SSSR count). The largest absolute Gasteiger partial charge is 0.455 e. The monoisotopic (exact) mass is 438 g/mol. The van der Waals surface area contributed by atoms with Gasteiger partial charge in [-0.25, -0.2) is 0 Å². The molecule has 3 aromatic carbocycles. The second-order valence-electron chi connectivity index (χ2n) is 8.82. The molecule has 0 atom stereocenters. The normalized spacial score (nSPS) is 19.7. The minimum atomic E-state index is -2.44. The van der Waals surface area contributed by atoms with Crippen molar-refractivity contribution in [3.8, 4) is 22.4 Å². The number of fused-ring (bicyclic) bond motifs is 3. The van der Waals surface area contributed by atoms with E-state index in [-0.39, 0.29) is 11.1 Å². The third-order valence-corrected chi connectivity index (χ3v) is 6.77. The SMILES string of the molecule is [2H]C([2H])([2H])c1ccc(-c2cccc3c2oc2c(C([2H])([2H])[2H])c(-c4ccc(C5([2H])CCCCC5)cc4)ccc23)nc1. The molecule has 2 aromatic heterocycles. The van der Waals surface area contributed by atoms with Crippen LogP contribution in [-0.2, 0) is 0 Å². The van der Waals surface area contributed by atoms with Gasteiger partial charge in [-0.15, -0.1) is 0 Å². The molecule has 0 radical (unpaired) electrons. The summed E-state index contributed by atoms with van der Waals surface area (Å²) in [5.41, 5.74) is 4.58. The molecule has 1 saturated carbocycles. The first-order valence-electron chi connectivity index (χ1n) is 15.0. The quantitative estimate of drug-likeness (QED) is 0.281. The lowest BCUT2D eigenvalue weighted by Crippen LogP contribution is -2.04. The average Bonchev–Trinajstić information content (AvgIpc) is 3.31. The van der Waals surface area contributed by atoms with Gasteiger partial charge in [0.2, 0.25) is 0 Å². The number of nitrogens with zero attached hydrogens (tertiary/aromatic N) is 1. The van der Waals surface area contributed by atoms with Crippen molar-refractivity contribution >= 4 is 21.9 Å². The molecule has 0 spiro atoms. The fourth-order valence-corrected chi connectivity index (χ4v) is 5.01. The molecular weight excluding hydrogens is 402 g/mol. The highest BCUT2D eigenvalue weighted by molar-refractivity contribution is 6.11. The highest BCUT2D eigenvalue weighted by Crippen LogP contribution is 2.40. The summed E-state index contributed by atoms with van der Waals surface area (Å²) in [4.78, 5) is 4.38. The highest BCUT2D eigenvalue weighted by Gasteiger charge is 2.18. The summed E-state index contributed by atoms with van der Waals surface area (Å²) in [7, 11) is 0. The molecule has 1 aliphatic rings. The first kappa shape index (κ1) is 14.0. The molecule has 2 nitrogen and oxygen atoms in total. The number of para-hydroxylation sites is 1. The van der Waals surface area contributed by atoms with Gasteiger partial charge in [0.25, 0.3) is 0 Å². The van der Waals surface area contributed by atoms with Crippen molar-refractivity contribution in [2.24, 2.45) is 0 Å². The Kier molecular flexibility index (Phi) is 3.47. The Hall–Kier alpha value is -3.39. The van der Waals surface area contributed by atoms with Crippen molar-refractivity contribution in [2.45, 2.75) is 51.7 Å². The minimum absolute atomic E-state index is 0.142. The first-order valence-corrected chi connectivity index (χ1v) is 11.5. The van der Waals surface area contributed by atoms with Gasteiger partial charge in [0, 0.05) is 37.7 Å². The van der Waals surface area contributed by atoms with E-state index < -0.39 is 19.6 Å². The summed E-state index contributed by atoms with van der Waals surface area (Å²) in [6, 6.07) is 20.2. The Morgan fingerprint density at radius 2 is 1.67 bits per heavy atom. The Labute approximate surface area is 205 Å². The number of aryl methyl sites for hydroxylation is 2. The molecule has 2 heteroatoms. The lowest BCUT2D eigenvalue weighted by molar-refractivity contribution is 0.443. The zero-order chi connectivity index (χ0) is 28.3. The van der Waals surface area contributed by atoms with Gasteiger partial charge in [0.1, 0.15) is 11.2 Å². The van der Waals surface area contributed by atoms with Crippen molar-refractivity contribution in [1.82, 2.24) is 4.98 Å². The van der Waals surface area contributed by atoms with Crippen LogP contribution in [0.1, 0.15) is 64.3 Å². The molecule has 1 fully saturated rings. The van der Waals surface area contributed by atoms with Crippen LogP contribution in [0.15, 0.2) is 77.3 Å². The first-order chi connectivity index (χ1) is 19.0. The number of furan rings is 1. The van der Waals surface area contributed by atoms with Crippen LogP contribution in [0.5, 0.6) is 0 Å². The molecule has 164 valence electrons. The van der Waals surface area contributed by atoms with Crippen molar-refractivity contribution < 1.29 is 14.0 Å². The van der Waals surface area contributed by atoms with Crippen LogP contribution < -0.4 is 0 Å². The molecule has 33 heavy (non-hydrogen) atoms. The number of aromatic nitrogens is 1. The van der Waals surface area contributed by atoms with Crippen molar-refractivity contribution in [3.63, 3.8) is 0 Å². The molecule has 2 heterocycles. The van der Waals surface area contributed by atoms with Gasteiger partial charge in [-0.05, 0) is 72.9 Å². The van der Waals surface area contributed by atoms with Crippen LogP contribution in [-0.4, -0.2) is 4.98 Å². The van der Waals surface area contributed by atoms with Crippen LogP contribution in [0, 0.1) is 13.7 Å². The van der Waals surface area contributed by atoms with E-state index in [4.69, 9.17) is 14.0 Å². The Balaban J connectivity index is 1.49. The number of benzene rings is 3. The van der Waals surface area contributed by atoms with Crippen LogP contribution in [0.4, 0.5) is 0 Å². The second-order valence-corrected chi connectivity index (χ2v) is 8.82. The van der Waals surface area contributed by atoms with Gasteiger partial charge < -0.3 is 4.42 Å². The summed E-state index contributed by atoms with van der Waals surface area (Å²) in [5, 5.41) is 1.45. The third kappa shape index (κ3) is 3.54. The molecular formula is C31H29NO. The fourth-order valence-electron chi connectivity index (χ4n) is 5.01. The maximum absolute atomic E-state index is 8.94. The Bertz CT molecular complexity index is 1690. The van der Waals surface area contributed by atoms with Gasteiger partial charge >= 0.3 is 0 Å². The molecule has 0 saturated heterocycles. The number of pyridine rings is 1. The van der Waals surface area contributed by atoms with Crippen molar-refractivity contribution in [2.75, 3.05) is 0 Å². The van der Waals surface area contributed by atoms with E-state index in [9.17, 15) is 0 Å². The average molecular weight is 439 g/mol. The van der Waals surface area contributed by atoms with Gasteiger partial charge in [-0.2, -0.15) is 0 Å².